The number of aliphatic hydroxyl groups excluding tert-OH is 1. The maximum absolute atomic E-state index is 9.05. The van der Waals surface area contributed by atoms with Crippen molar-refractivity contribution in [3.63, 3.8) is 0 Å². The standard InChI is InChI=1S/C14H23NO/c1-10-5-11(2)7-14(6-10)8-15-13(4)12(3)9-16/h5-7,12-13,15-16H,8-9H2,1-4H3. The molecule has 1 aromatic carbocycles. The summed E-state index contributed by atoms with van der Waals surface area (Å²) in [6.07, 6.45) is 0. The van der Waals surface area contributed by atoms with Crippen LogP contribution in [0.5, 0.6) is 0 Å². The van der Waals surface area contributed by atoms with E-state index in [1.54, 1.807) is 0 Å². The van der Waals surface area contributed by atoms with Gasteiger partial charge in [-0.05, 0) is 32.3 Å². The SMILES string of the molecule is Cc1cc(C)cc(CNC(C)C(C)CO)c1. The summed E-state index contributed by atoms with van der Waals surface area (Å²) in [7, 11) is 0. The Kier molecular flexibility index (Phi) is 4.97. The molecule has 0 heterocycles. The van der Waals surface area contributed by atoms with Crippen LogP contribution in [-0.2, 0) is 6.54 Å². The zero-order chi connectivity index (χ0) is 12.1. The second-order valence-corrected chi connectivity index (χ2v) is 4.83. The molecule has 0 aliphatic rings. The lowest BCUT2D eigenvalue weighted by molar-refractivity contribution is 0.207. The fraction of sp³-hybridized carbons (Fsp3) is 0.571. The van der Waals surface area contributed by atoms with Crippen molar-refractivity contribution in [2.24, 2.45) is 5.92 Å². The second-order valence-electron chi connectivity index (χ2n) is 4.83. The van der Waals surface area contributed by atoms with Crippen LogP contribution in [0.1, 0.15) is 30.5 Å². The molecule has 0 spiro atoms. The molecule has 0 radical (unpaired) electrons. The van der Waals surface area contributed by atoms with Crippen LogP contribution in [-0.4, -0.2) is 17.8 Å². The smallest absolute Gasteiger partial charge is 0.0471 e. The minimum atomic E-state index is 0.237. The third kappa shape index (κ3) is 3.95. The summed E-state index contributed by atoms with van der Waals surface area (Å²) in [4.78, 5) is 0. The zero-order valence-electron chi connectivity index (χ0n) is 10.7. The van der Waals surface area contributed by atoms with Crippen molar-refractivity contribution in [3.05, 3.63) is 34.9 Å². The lowest BCUT2D eigenvalue weighted by Gasteiger charge is -2.19. The maximum atomic E-state index is 9.05. The normalized spacial score (nSPS) is 14.8. The van der Waals surface area contributed by atoms with Crippen molar-refractivity contribution < 1.29 is 5.11 Å². The molecule has 2 unspecified atom stereocenters. The number of benzene rings is 1. The molecular formula is C14H23NO. The van der Waals surface area contributed by atoms with Gasteiger partial charge in [0.2, 0.25) is 0 Å². The Morgan fingerprint density at radius 1 is 1.12 bits per heavy atom. The number of rotatable bonds is 5. The van der Waals surface area contributed by atoms with Crippen molar-refractivity contribution in [2.45, 2.75) is 40.3 Å². The van der Waals surface area contributed by atoms with Gasteiger partial charge < -0.3 is 10.4 Å². The highest BCUT2D eigenvalue weighted by Gasteiger charge is 2.09. The summed E-state index contributed by atoms with van der Waals surface area (Å²) in [5.41, 5.74) is 3.92. The van der Waals surface area contributed by atoms with Crippen LogP contribution in [0.4, 0.5) is 0 Å². The van der Waals surface area contributed by atoms with E-state index in [-0.39, 0.29) is 6.61 Å². The highest BCUT2D eigenvalue weighted by molar-refractivity contribution is 5.28. The quantitative estimate of drug-likeness (QED) is 0.800. The summed E-state index contributed by atoms with van der Waals surface area (Å²) in [5.74, 6) is 0.297. The fourth-order valence-electron chi connectivity index (χ4n) is 1.81. The number of hydrogen-bond donors (Lipinski definition) is 2. The Morgan fingerprint density at radius 3 is 2.19 bits per heavy atom. The molecular weight excluding hydrogens is 198 g/mol. The summed E-state index contributed by atoms with van der Waals surface area (Å²) in [5, 5.41) is 12.5. The van der Waals surface area contributed by atoms with Gasteiger partial charge in [-0.3, -0.25) is 0 Å². The van der Waals surface area contributed by atoms with Gasteiger partial charge in [0.1, 0.15) is 0 Å². The molecule has 0 saturated carbocycles. The van der Waals surface area contributed by atoms with Gasteiger partial charge in [0.15, 0.2) is 0 Å². The topological polar surface area (TPSA) is 32.3 Å². The summed E-state index contributed by atoms with van der Waals surface area (Å²) < 4.78 is 0. The molecule has 1 rings (SSSR count). The van der Waals surface area contributed by atoms with Crippen LogP contribution >= 0.6 is 0 Å². The number of nitrogens with one attached hydrogen (secondary N) is 1. The van der Waals surface area contributed by atoms with Crippen LogP contribution in [0.3, 0.4) is 0 Å². The van der Waals surface area contributed by atoms with E-state index in [0.717, 1.165) is 6.54 Å². The lowest BCUT2D eigenvalue weighted by Crippen LogP contribution is -2.33. The largest absolute Gasteiger partial charge is 0.396 e. The number of aliphatic hydroxyl groups is 1. The molecule has 0 aliphatic heterocycles. The van der Waals surface area contributed by atoms with Gasteiger partial charge >= 0.3 is 0 Å². The van der Waals surface area contributed by atoms with Crippen molar-refractivity contribution in [1.29, 1.82) is 0 Å². The van der Waals surface area contributed by atoms with E-state index in [9.17, 15) is 0 Å². The molecule has 2 atom stereocenters. The molecule has 0 amide bonds. The van der Waals surface area contributed by atoms with Crippen LogP contribution in [0.2, 0.25) is 0 Å². The lowest BCUT2D eigenvalue weighted by atomic mass is 10.0. The van der Waals surface area contributed by atoms with Crippen LogP contribution in [0.25, 0.3) is 0 Å². The predicted molar refractivity (Wildman–Crippen MR) is 68.5 cm³/mol. The summed E-state index contributed by atoms with van der Waals surface area (Å²) >= 11 is 0. The number of hydrogen-bond acceptors (Lipinski definition) is 2. The van der Waals surface area contributed by atoms with Gasteiger partial charge in [-0.1, -0.05) is 36.2 Å². The van der Waals surface area contributed by atoms with Crippen molar-refractivity contribution >= 4 is 0 Å². The van der Waals surface area contributed by atoms with E-state index in [4.69, 9.17) is 5.11 Å². The van der Waals surface area contributed by atoms with E-state index in [1.165, 1.54) is 16.7 Å². The summed E-state index contributed by atoms with van der Waals surface area (Å²) in [6.45, 7) is 9.52. The van der Waals surface area contributed by atoms with Crippen LogP contribution in [0, 0.1) is 19.8 Å². The molecule has 0 fully saturated rings. The fourth-order valence-corrected chi connectivity index (χ4v) is 1.81. The Hall–Kier alpha value is -0.860. The van der Waals surface area contributed by atoms with Gasteiger partial charge in [-0.25, -0.2) is 0 Å². The third-order valence-electron chi connectivity index (χ3n) is 3.05. The molecule has 2 N–H and O–H groups in total. The van der Waals surface area contributed by atoms with E-state index in [0.29, 0.717) is 12.0 Å². The van der Waals surface area contributed by atoms with Crippen LogP contribution < -0.4 is 5.32 Å². The molecule has 16 heavy (non-hydrogen) atoms. The highest BCUT2D eigenvalue weighted by Crippen LogP contribution is 2.09. The Morgan fingerprint density at radius 2 is 1.69 bits per heavy atom. The highest BCUT2D eigenvalue weighted by atomic mass is 16.3. The third-order valence-corrected chi connectivity index (χ3v) is 3.05. The van der Waals surface area contributed by atoms with Gasteiger partial charge in [-0.15, -0.1) is 0 Å². The minimum absolute atomic E-state index is 0.237. The molecule has 2 heteroatoms. The monoisotopic (exact) mass is 221 g/mol. The first-order chi connectivity index (χ1) is 7.52. The van der Waals surface area contributed by atoms with Crippen LogP contribution in [0.15, 0.2) is 18.2 Å². The first-order valence-electron chi connectivity index (χ1n) is 5.94. The maximum Gasteiger partial charge on any atom is 0.0471 e. The number of aryl methyl sites for hydroxylation is 2. The van der Waals surface area contributed by atoms with Crippen molar-refractivity contribution in [1.82, 2.24) is 5.32 Å². The second kappa shape index (κ2) is 6.02. The zero-order valence-corrected chi connectivity index (χ0v) is 10.7. The van der Waals surface area contributed by atoms with Crippen molar-refractivity contribution in [3.8, 4) is 0 Å². The van der Waals surface area contributed by atoms with E-state index < -0.39 is 0 Å². The molecule has 0 bridgehead atoms. The molecule has 0 saturated heterocycles. The van der Waals surface area contributed by atoms with E-state index in [1.807, 2.05) is 0 Å². The minimum Gasteiger partial charge on any atom is -0.396 e. The first kappa shape index (κ1) is 13.2. The van der Waals surface area contributed by atoms with Gasteiger partial charge in [-0.2, -0.15) is 0 Å². The first-order valence-corrected chi connectivity index (χ1v) is 5.94. The molecule has 0 aromatic heterocycles. The molecule has 1 aromatic rings. The predicted octanol–water partition coefficient (Wildman–Crippen LogP) is 2.41. The van der Waals surface area contributed by atoms with Crippen molar-refractivity contribution in [2.75, 3.05) is 6.61 Å². The average molecular weight is 221 g/mol. The Labute approximate surface area is 98.7 Å². The van der Waals surface area contributed by atoms with Gasteiger partial charge in [0, 0.05) is 19.2 Å². The van der Waals surface area contributed by atoms with E-state index >= 15 is 0 Å². The van der Waals surface area contributed by atoms with E-state index in [2.05, 4.69) is 51.2 Å². The Bertz CT molecular complexity index is 315. The van der Waals surface area contributed by atoms with Gasteiger partial charge in [0.05, 0.1) is 0 Å². The molecule has 0 aliphatic carbocycles. The molecule has 90 valence electrons. The van der Waals surface area contributed by atoms with Gasteiger partial charge in [0.25, 0.3) is 0 Å². The average Bonchev–Trinajstić information content (AvgIpc) is 2.23. The Balaban J connectivity index is 2.54. The molecule has 2 nitrogen and oxygen atoms in total. The summed E-state index contributed by atoms with van der Waals surface area (Å²) in [6, 6.07) is 6.93.